The molecule has 0 saturated heterocycles. The second-order valence-corrected chi connectivity index (χ2v) is 9.35. The summed E-state index contributed by atoms with van der Waals surface area (Å²) in [5.41, 5.74) is 11.9. The number of aromatic hydroxyl groups is 1. The van der Waals surface area contributed by atoms with Crippen LogP contribution in [0, 0.1) is 13.8 Å². The summed E-state index contributed by atoms with van der Waals surface area (Å²) in [4.78, 5) is 14.3. The van der Waals surface area contributed by atoms with Gasteiger partial charge in [0.25, 0.3) is 11.6 Å². The minimum atomic E-state index is -3.36. The minimum absolute atomic E-state index is 0.0111. The Bertz CT molecular complexity index is 1120. The molecule has 0 radical (unpaired) electrons. The number of hydrogen-bond donors (Lipinski definition) is 3. The van der Waals surface area contributed by atoms with Crippen LogP contribution < -0.4 is 11.5 Å². The highest BCUT2D eigenvalue weighted by atomic mass is 31.0. The number of phenols is 1. The topological polar surface area (TPSA) is 92.6 Å². The number of carbonyl (C=O) groups excluding carboxylic acids is 1. The summed E-state index contributed by atoms with van der Waals surface area (Å²) in [6, 6.07) is 3.33. The third-order valence-electron chi connectivity index (χ3n) is 5.82. The number of benzene rings is 1. The van der Waals surface area contributed by atoms with E-state index in [9.17, 15) is 18.7 Å². The van der Waals surface area contributed by atoms with E-state index in [1.807, 2.05) is 6.92 Å². The van der Waals surface area contributed by atoms with Gasteiger partial charge in [-0.05, 0) is 81.0 Å². The van der Waals surface area contributed by atoms with Gasteiger partial charge >= 0.3 is 0 Å². The van der Waals surface area contributed by atoms with E-state index in [1.54, 1.807) is 44.9 Å². The van der Waals surface area contributed by atoms with E-state index < -0.39 is 17.1 Å². The number of allylic oxidation sites excluding steroid dienone is 5. The van der Waals surface area contributed by atoms with Crippen molar-refractivity contribution in [3.63, 3.8) is 0 Å². The first kappa shape index (κ1) is 29.1. The van der Waals surface area contributed by atoms with Crippen molar-refractivity contribution >= 4 is 15.1 Å². The van der Waals surface area contributed by atoms with Crippen molar-refractivity contribution in [2.24, 2.45) is 11.5 Å². The van der Waals surface area contributed by atoms with Crippen LogP contribution in [0.25, 0.3) is 0 Å². The second kappa shape index (κ2) is 11.0. The first-order valence-electron chi connectivity index (χ1n) is 10.6. The molecule has 0 aromatic heterocycles. The number of hydrogen-bond acceptors (Lipinski definition) is 4. The number of amides is 1. The lowest BCUT2D eigenvalue weighted by molar-refractivity contribution is -0.114. The highest BCUT2D eigenvalue weighted by Crippen LogP contribution is 2.42. The van der Waals surface area contributed by atoms with Gasteiger partial charge in [0.15, 0.2) is 0 Å². The molecule has 1 unspecified atom stereocenters. The van der Waals surface area contributed by atoms with Gasteiger partial charge in [-0.1, -0.05) is 28.5 Å². The zero-order chi connectivity index (χ0) is 26.7. The number of nitrogens with zero attached hydrogens (tertiary/aromatic N) is 1. The number of carbonyl (C=O) groups is 1. The van der Waals surface area contributed by atoms with Crippen LogP contribution in [0.15, 0.2) is 70.2 Å². The average Bonchev–Trinajstić information content (AvgIpc) is 2.68. The highest BCUT2D eigenvalue weighted by molar-refractivity contribution is 7.18. The maximum Gasteiger partial charge on any atom is 0.280 e. The molecule has 34 heavy (non-hydrogen) atoms. The summed E-state index contributed by atoms with van der Waals surface area (Å²) in [6.45, 7) is 17.9. The summed E-state index contributed by atoms with van der Waals surface area (Å²) in [7, 11) is 3.24. The summed E-state index contributed by atoms with van der Waals surface area (Å²) in [5.74, 6) is -0.853. The normalized spacial score (nSPS) is 14.1. The molecule has 0 saturated carbocycles. The molecule has 8 heteroatoms. The van der Waals surface area contributed by atoms with E-state index >= 15 is 0 Å². The molecule has 1 aromatic rings. The molecular weight excluding hydrogens is 455 g/mol. The predicted octanol–water partition coefficient (Wildman–Crippen LogP) is 5.35. The molecule has 186 valence electrons. The third-order valence-corrected chi connectivity index (χ3v) is 6.26. The van der Waals surface area contributed by atoms with Crippen molar-refractivity contribution in [2.45, 2.75) is 53.6 Å². The van der Waals surface area contributed by atoms with Gasteiger partial charge in [0, 0.05) is 36.1 Å². The lowest BCUT2D eigenvalue weighted by Crippen LogP contribution is -2.27. The van der Waals surface area contributed by atoms with Crippen molar-refractivity contribution in [1.82, 2.24) is 4.90 Å². The fraction of sp³-hybridized carbons (Fsp3) is 0.346. The van der Waals surface area contributed by atoms with E-state index in [2.05, 4.69) is 13.2 Å². The van der Waals surface area contributed by atoms with Gasteiger partial charge in [0.05, 0.1) is 5.57 Å². The third kappa shape index (κ3) is 6.35. The number of primary amides is 1. The number of likely N-dealkylation sites (N-methyl/N-ethyl adjacent to an activating group) is 1. The van der Waals surface area contributed by atoms with Gasteiger partial charge in [-0.15, -0.1) is 0 Å². The fourth-order valence-corrected chi connectivity index (χ4v) is 3.95. The molecule has 1 rings (SSSR count). The van der Waals surface area contributed by atoms with E-state index in [0.29, 0.717) is 28.1 Å². The Balaban J connectivity index is 4.41. The molecule has 5 nitrogen and oxygen atoms in total. The summed E-state index contributed by atoms with van der Waals surface area (Å²) in [5, 5.41) is 10.3. The molecule has 1 atom stereocenters. The monoisotopic (exact) mass is 491 g/mol. The number of aryl methyl sites for hydroxylation is 1. The lowest BCUT2D eigenvalue weighted by Gasteiger charge is -2.31. The van der Waals surface area contributed by atoms with Crippen LogP contribution in [0.3, 0.4) is 0 Å². The van der Waals surface area contributed by atoms with Crippen molar-refractivity contribution in [2.75, 3.05) is 7.05 Å². The Labute approximate surface area is 203 Å². The van der Waals surface area contributed by atoms with Crippen molar-refractivity contribution < 1.29 is 18.7 Å². The second-order valence-electron chi connectivity index (χ2n) is 8.63. The quantitative estimate of drug-likeness (QED) is 0.247. The standard InChI is InChI=1S/C26H36F2N3O2P/c1-13(2)24(31(9)14(3)4)20(12-19-15(5)10-11-21(32)16(19)6)22(17(7)26(27,28)34)23(18(8)29)25(30)33/h10-11,32H,1,3,12,29,34H2,2,4-9H3,(H2,30,33)/b22-17-,23-18-,24-20+. The number of phenolic OH excluding ortho intramolecular Hbond substituents is 1. The van der Waals surface area contributed by atoms with E-state index in [1.165, 1.54) is 23.1 Å². The van der Waals surface area contributed by atoms with E-state index in [0.717, 1.165) is 11.1 Å². The van der Waals surface area contributed by atoms with Crippen molar-refractivity contribution in [1.29, 1.82) is 0 Å². The first-order chi connectivity index (χ1) is 15.4. The fourth-order valence-electron chi connectivity index (χ4n) is 3.80. The zero-order valence-electron chi connectivity index (χ0n) is 21.1. The smallest absolute Gasteiger partial charge is 0.280 e. The molecule has 0 spiro atoms. The summed E-state index contributed by atoms with van der Waals surface area (Å²) < 4.78 is 29.5. The first-order valence-corrected chi connectivity index (χ1v) is 11.2. The van der Waals surface area contributed by atoms with Gasteiger partial charge < -0.3 is 21.5 Å². The van der Waals surface area contributed by atoms with Crippen LogP contribution in [0.1, 0.15) is 44.4 Å². The highest BCUT2D eigenvalue weighted by Gasteiger charge is 2.34. The summed E-state index contributed by atoms with van der Waals surface area (Å²) >= 11 is 0. The van der Waals surface area contributed by atoms with E-state index in [-0.39, 0.29) is 29.0 Å². The molecule has 1 amide bonds. The summed E-state index contributed by atoms with van der Waals surface area (Å²) in [6.07, 6.45) is 0.101. The Hall–Kier alpha value is -2.92. The van der Waals surface area contributed by atoms with Gasteiger partial charge in [-0.3, -0.25) is 4.79 Å². The van der Waals surface area contributed by atoms with Crippen LogP contribution in [0.5, 0.6) is 5.75 Å². The van der Waals surface area contributed by atoms with Gasteiger partial charge in [0.2, 0.25) is 0 Å². The molecule has 1 aromatic carbocycles. The molecule has 0 aliphatic heterocycles. The number of halogens is 2. The lowest BCUT2D eigenvalue weighted by atomic mass is 9.83. The Morgan fingerprint density at radius 2 is 1.65 bits per heavy atom. The largest absolute Gasteiger partial charge is 0.508 e. The number of rotatable bonds is 9. The number of alkyl halides is 2. The van der Waals surface area contributed by atoms with Gasteiger partial charge in [-0.2, -0.15) is 8.78 Å². The molecule has 0 heterocycles. The Morgan fingerprint density at radius 1 is 1.12 bits per heavy atom. The molecular formula is C26H36F2N3O2P. The molecule has 0 bridgehead atoms. The van der Waals surface area contributed by atoms with Gasteiger partial charge in [-0.25, -0.2) is 0 Å². The average molecular weight is 492 g/mol. The Morgan fingerprint density at radius 3 is 2.03 bits per heavy atom. The SMILES string of the molecule is C=C(C)\C(=C(Cc1c(C)ccc(O)c1C)/C(C(/C(N)=O)=C(\C)N)=C(\C)C(F)(F)P)N(C)C(=C)C. The van der Waals surface area contributed by atoms with Crippen LogP contribution in [-0.2, 0) is 11.2 Å². The van der Waals surface area contributed by atoms with Crippen LogP contribution in [0.2, 0.25) is 0 Å². The predicted molar refractivity (Wildman–Crippen MR) is 139 cm³/mol. The molecule has 0 fully saturated rings. The van der Waals surface area contributed by atoms with Crippen molar-refractivity contribution in [3.8, 4) is 5.75 Å². The molecule has 0 aliphatic carbocycles. The number of nitrogens with two attached hydrogens (primary N) is 2. The van der Waals surface area contributed by atoms with Gasteiger partial charge in [0.1, 0.15) is 5.75 Å². The van der Waals surface area contributed by atoms with Crippen LogP contribution >= 0.6 is 9.24 Å². The van der Waals surface area contributed by atoms with Crippen molar-refractivity contribution in [3.05, 3.63) is 86.9 Å². The molecule has 0 aliphatic rings. The zero-order valence-corrected chi connectivity index (χ0v) is 22.2. The van der Waals surface area contributed by atoms with E-state index in [4.69, 9.17) is 11.5 Å². The Kier molecular flexibility index (Phi) is 9.42. The van der Waals surface area contributed by atoms with Crippen LogP contribution in [0.4, 0.5) is 8.78 Å². The molecule has 5 N–H and O–H groups in total. The minimum Gasteiger partial charge on any atom is -0.508 e. The van der Waals surface area contributed by atoms with Crippen LogP contribution in [-0.4, -0.2) is 28.6 Å². The maximum atomic E-state index is 14.8. The maximum absolute atomic E-state index is 14.8.